The number of hydrazine groups is 1. The lowest BCUT2D eigenvalue weighted by Crippen LogP contribution is -2.29. The average molecular weight is 405 g/mol. The van der Waals surface area contributed by atoms with E-state index < -0.39 is 0 Å². The lowest BCUT2D eigenvalue weighted by Gasteiger charge is -2.18. The van der Waals surface area contributed by atoms with Gasteiger partial charge in [0.15, 0.2) is 0 Å². The Balaban J connectivity index is 2.25. The molecule has 0 heterocycles. The topological polar surface area (TPSA) is 38.0 Å². The van der Waals surface area contributed by atoms with Crippen molar-refractivity contribution in [2.45, 2.75) is 12.5 Å². The van der Waals surface area contributed by atoms with Crippen LogP contribution in [0.5, 0.6) is 0 Å². The summed E-state index contributed by atoms with van der Waals surface area (Å²) in [4.78, 5) is 0. The van der Waals surface area contributed by atoms with E-state index in [0.29, 0.717) is 0 Å². The molecule has 19 heavy (non-hydrogen) atoms. The maximum Gasteiger partial charge on any atom is 0.0511 e. The molecule has 3 N–H and O–H groups in total. The molecule has 0 aliphatic carbocycles. The molecule has 0 fully saturated rings. The number of rotatable bonds is 4. The second-order valence-corrected chi connectivity index (χ2v) is 6.43. The van der Waals surface area contributed by atoms with Gasteiger partial charge in [0.05, 0.1) is 6.04 Å². The van der Waals surface area contributed by atoms with Crippen LogP contribution in [0.1, 0.15) is 17.2 Å². The van der Waals surface area contributed by atoms with Crippen molar-refractivity contribution >= 4 is 43.5 Å². The van der Waals surface area contributed by atoms with Crippen LogP contribution in [0.25, 0.3) is 0 Å². The fourth-order valence-corrected chi connectivity index (χ4v) is 3.48. The van der Waals surface area contributed by atoms with Gasteiger partial charge in [0.1, 0.15) is 0 Å². The number of nitrogens with two attached hydrogens (primary N) is 1. The van der Waals surface area contributed by atoms with Gasteiger partial charge >= 0.3 is 0 Å². The molecular weight excluding hydrogens is 391 g/mol. The van der Waals surface area contributed by atoms with E-state index in [2.05, 4.69) is 37.3 Å². The molecule has 1 unspecified atom stereocenters. The van der Waals surface area contributed by atoms with Gasteiger partial charge in [-0.15, -0.1) is 0 Å². The molecule has 0 aliphatic rings. The average Bonchev–Trinajstić information content (AvgIpc) is 2.37. The summed E-state index contributed by atoms with van der Waals surface area (Å²) in [6.45, 7) is 0. The van der Waals surface area contributed by atoms with Gasteiger partial charge in [-0.25, -0.2) is 0 Å². The Morgan fingerprint density at radius 3 is 2.58 bits per heavy atom. The lowest BCUT2D eigenvalue weighted by molar-refractivity contribution is 0.550. The molecule has 0 saturated heterocycles. The molecule has 0 amide bonds. The second kappa shape index (κ2) is 6.86. The fraction of sp³-hybridized carbons (Fsp3) is 0.143. The highest BCUT2D eigenvalue weighted by atomic mass is 79.9. The minimum absolute atomic E-state index is 0.0286. The van der Waals surface area contributed by atoms with E-state index in [0.717, 1.165) is 31.5 Å². The van der Waals surface area contributed by atoms with E-state index in [9.17, 15) is 0 Å². The first-order chi connectivity index (χ1) is 9.10. The molecule has 0 spiro atoms. The summed E-state index contributed by atoms with van der Waals surface area (Å²) in [5.41, 5.74) is 5.12. The first-order valence-electron chi connectivity index (χ1n) is 5.75. The molecule has 2 rings (SSSR count). The molecular formula is C14H13Br2ClN2. The van der Waals surface area contributed by atoms with Crippen LogP contribution in [-0.2, 0) is 6.42 Å². The Kier molecular flexibility index (Phi) is 5.42. The monoisotopic (exact) mass is 402 g/mol. The van der Waals surface area contributed by atoms with Crippen molar-refractivity contribution in [2.75, 3.05) is 0 Å². The predicted octanol–water partition coefficient (Wildman–Crippen LogP) is 4.61. The highest BCUT2D eigenvalue weighted by molar-refractivity contribution is 9.11. The van der Waals surface area contributed by atoms with Gasteiger partial charge in [-0.05, 0) is 41.8 Å². The van der Waals surface area contributed by atoms with Crippen molar-refractivity contribution in [1.82, 2.24) is 5.43 Å². The van der Waals surface area contributed by atoms with Crippen LogP contribution in [0.15, 0.2) is 51.4 Å². The van der Waals surface area contributed by atoms with E-state index >= 15 is 0 Å². The molecule has 2 aromatic rings. The van der Waals surface area contributed by atoms with Crippen molar-refractivity contribution in [3.63, 3.8) is 0 Å². The zero-order valence-electron chi connectivity index (χ0n) is 10.0. The van der Waals surface area contributed by atoms with E-state index in [1.807, 2.05) is 42.5 Å². The Labute approximate surface area is 134 Å². The van der Waals surface area contributed by atoms with Crippen molar-refractivity contribution in [2.24, 2.45) is 5.84 Å². The van der Waals surface area contributed by atoms with Crippen molar-refractivity contribution in [3.8, 4) is 0 Å². The molecule has 5 heteroatoms. The smallest absolute Gasteiger partial charge is 0.0511 e. The van der Waals surface area contributed by atoms with E-state index in [-0.39, 0.29) is 6.04 Å². The SMILES string of the molecule is NNC(Cc1cccc(Cl)c1)c1ccc(Br)cc1Br. The van der Waals surface area contributed by atoms with Crippen LogP contribution in [0, 0.1) is 0 Å². The Bertz CT molecular complexity index is 575. The Hall–Kier alpha value is -0.390. The minimum atomic E-state index is 0.0286. The van der Waals surface area contributed by atoms with Gasteiger partial charge in [0.2, 0.25) is 0 Å². The van der Waals surface area contributed by atoms with Crippen LogP contribution in [0.4, 0.5) is 0 Å². The van der Waals surface area contributed by atoms with Crippen molar-refractivity contribution in [1.29, 1.82) is 0 Å². The standard InChI is InChI=1S/C14H13Br2ClN2/c15-10-4-5-12(13(16)8-10)14(19-18)7-9-2-1-3-11(17)6-9/h1-6,8,14,19H,7,18H2. The molecule has 2 aromatic carbocycles. The van der Waals surface area contributed by atoms with Crippen molar-refractivity contribution in [3.05, 3.63) is 67.6 Å². The summed E-state index contributed by atoms with van der Waals surface area (Å²) in [6, 6.07) is 13.9. The summed E-state index contributed by atoms with van der Waals surface area (Å²) >= 11 is 13.0. The molecule has 100 valence electrons. The van der Waals surface area contributed by atoms with Gasteiger partial charge in [0.25, 0.3) is 0 Å². The molecule has 0 radical (unpaired) electrons. The molecule has 0 aliphatic heterocycles. The summed E-state index contributed by atoms with van der Waals surface area (Å²) in [5, 5.41) is 0.739. The van der Waals surface area contributed by atoms with Crippen LogP contribution >= 0.6 is 43.5 Å². The third kappa shape index (κ3) is 4.04. The third-order valence-corrected chi connectivity index (χ3v) is 4.28. The molecule has 0 saturated carbocycles. The molecule has 2 nitrogen and oxygen atoms in total. The van der Waals surface area contributed by atoms with Gasteiger partial charge in [-0.2, -0.15) is 0 Å². The molecule has 0 aromatic heterocycles. The lowest BCUT2D eigenvalue weighted by atomic mass is 9.99. The minimum Gasteiger partial charge on any atom is -0.271 e. The number of hydrogen-bond donors (Lipinski definition) is 2. The highest BCUT2D eigenvalue weighted by Gasteiger charge is 2.14. The molecule has 0 bridgehead atoms. The van der Waals surface area contributed by atoms with E-state index in [1.165, 1.54) is 0 Å². The van der Waals surface area contributed by atoms with Crippen LogP contribution in [0.3, 0.4) is 0 Å². The molecule has 1 atom stereocenters. The first-order valence-corrected chi connectivity index (χ1v) is 7.72. The largest absolute Gasteiger partial charge is 0.271 e. The normalized spacial score (nSPS) is 12.4. The third-order valence-electron chi connectivity index (χ3n) is 2.87. The quantitative estimate of drug-likeness (QED) is 0.577. The summed E-state index contributed by atoms with van der Waals surface area (Å²) in [7, 11) is 0. The van der Waals surface area contributed by atoms with Gasteiger partial charge in [-0.1, -0.05) is 61.7 Å². The summed E-state index contributed by atoms with van der Waals surface area (Å²) in [5.74, 6) is 5.68. The second-order valence-electron chi connectivity index (χ2n) is 4.22. The van der Waals surface area contributed by atoms with Gasteiger partial charge in [-0.3, -0.25) is 11.3 Å². The predicted molar refractivity (Wildman–Crippen MR) is 87.1 cm³/mol. The Morgan fingerprint density at radius 1 is 1.16 bits per heavy atom. The fourth-order valence-electron chi connectivity index (χ4n) is 1.94. The maximum absolute atomic E-state index is 6.00. The van der Waals surface area contributed by atoms with Crippen LogP contribution < -0.4 is 11.3 Å². The van der Waals surface area contributed by atoms with Gasteiger partial charge in [0, 0.05) is 14.0 Å². The number of hydrogen-bond acceptors (Lipinski definition) is 2. The maximum atomic E-state index is 6.00. The number of nitrogens with one attached hydrogen (secondary N) is 1. The summed E-state index contributed by atoms with van der Waals surface area (Å²) < 4.78 is 2.05. The summed E-state index contributed by atoms with van der Waals surface area (Å²) in [6.07, 6.45) is 0.775. The van der Waals surface area contributed by atoms with Crippen LogP contribution in [-0.4, -0.2) is 0 Å². The van der Waals surface area contributed by atoms with Gasteiger partial charge < -0.3 is 0 Å². The van der Waals surface area contributed by atoms with Crippen LogP contribution in [0.2, 0.25) is 5.02 Å². The number of halogens is 3. The zero-order valence-corrected chi connectivity index (χ0v) is 14.0. The zero-order chi connectivity index (χ0) is 13.8. The first kappa shape index (κ1) is 15.0. The Morgan fingerprint density at radius 2 is 1.95 bits per heavy atom. The van der Waals surface area contributed by atoms with E-state index in [1.54, 1.807) is 0 Å². The highest BCUT2D eigenvalue weighted by Crippen LogP contribution is 2.29. The van der Waals surface area contributed by atoms with E-state index in [4.69, 9.17) is 17.4 Å². The number of benzene rings is 2. The van der Waals surface area contributed by atoms with Crippen molar-refractivity contribution < 1.29 is 0 Å².